The molecule has 4 rings (SSSR count). The number of carbonyl (C=O) groups excluding carboxylic acids is 1. The lowest BCUT2D eigenvalue weighted by Gasteiger charge is -2.07. The van der Waals surface area contributed by atoms with Crippen molar-refractivity contribution >= 4 is 28.3 Å². The number of hydrogen-bond acceptors (Lipinski definition) is 8. The molecule has 9 heteroatoms. The first-order valence-corrected chi connectivity index (χ1v) is 9.72. The van der Waals surface area contributed by atoms with Crippen LogP contribution in [0, 0.1) is 0 Å². The van der Waals surface area contributed by atoms with Crippen LogP contribution in [0.15, 0.2) is 47.3 Å². The molecule has 4 aromatic rings. The molecule has 0 bridgehead atoms. The minimum Gasteiger partial charge on any atom is -0.493 e. The lowest BCUT2D eigenvalue weighted by molar-refractivity contribution is -0.131. The quantitative estimate of drug-likeness (QED) is 0.359. The number of ether oxygens (including phenoxy) is 3. The van der Waals surface area contributed by atoms with Gasteiger partial charge in [-0.15, -0.1) is 5.10 Å². The summed E-state index contributed by atoms with van der Waals surface area (Å²) in [7, 11) is 3.11. The highest BCUT2D eigenvalue weighted by molar-refractivity contribution is 7.15. The fourth-order valence-electron chi connectivity index (χ4n) is 2.92. The molecule has 30 heavy (non-hydrogen) atoms. The molecule has 0 N–H and O–H groups in total. The van der Waals surface area contributed by atoms with E-state index in [0.29, 0.717) is 38.1 Å². The second-order valence-corrected chi connectivity index (χ2v) is 7.29. The van der Waals surface area contributed by atoms with Crippen molar-refractivity contribution in [3.8, 4) is 28.6 Å². The average molecular weight is 423 g/mol. The highest BCUT2D eigenvalue weighted by Crippen LogP contribution is 2.31. The highest BCUT2D eigenvalue weighted by Gasteiger charge is 2.14. The average Bonchev–Trinajstić information content (AvgIpc) is 3.27. The van der Waals surface area contributed by atoms with E-state index in [-0.39, 0.29) is 5.56 Å². The number of benzene rings is 2. The van der Waals surface area contributed by atoms with E-state index in [4.69, 9.17) is 14.2 Å². The lowest BCUT2D eigenvalue weighted by Crippen LogP contribution is -2.23. The van der Waals surface area contributed by atoms with Crippen molar-refractivity contribution in [3.63, 3.8) is 0 Å². The van der Waals surface area contributed by atoms with E-state index in [0.717, 1.165) is 5.56 Å². The fourth-order valence-corrected chi connectivity index (χ4v) is 3.82. The van der Waals surface area contributed by atoms with Crippen LogP contribution in [-0.4, -0.2) is 34.8 Å². The Morgan fingerprint density at radius 2 is 1.90 bits per heavy atom. The summed E-state index contributed by atoms with van der Waals surface area (Å²) in [6.07, 6.45) is 1.71. The Morgan fingerprint density at radius 3 is 2.60 bits per heavy atom. The van der Waals surface area contributed by atoms with Gasteiger partial charge in [-0.3, -0.25) is 9.59 Å². The Kier molecular flexibility index (Phi) is 5.20. The standard InChI is InChI=1S/C21H17N3O5S/c1-12(25)29-15-6-4-5-13(9-15)10-18-20(26)24-21(30-18)22-19(23-24)14-7-8-16(27-2)17(11-14)28-3/h4-11H,1-3H3/b18-10-. The Labute approximate surface area is 175 Å². The Balaban J connectivity index is 1.72. The number of aromatic nitrogens is 3. The molecule has 2 aromatic carbocycles. The predicted octanol–water partition coefficient (Wildman–Crippen LogP) is 2.31. The number of esters is 1. The highest BCUT2D eigenvalue weighted by atomic mass is 32.1. The summed E-state index contributed by atoms with van der Waals surface area (Å²) in [5, 5.41) is 4.35. The van der Waals surface area contributed by atoms with E-state index < -0.39 is 5.97 Å². The van der Waals surface area contributed by atoms with Gasteiger partial charge in [0.1, 0.15) is 5.75 Å². The molecule has 0 aliphatic heterocycles. The van der Waals surface area contributed by atoms with Gasteiger partial charge in [-0.1, -0.05) is 23.5 Å². The van der Waals surface area contributed by atoms with Gasteiger partial charge in [0.2, 0.25) is 4.96 Å². The molecule has 0 amide bonds. The van der Waals surface area contributed by atoms with E-state index >= 15 is 0 Å². The van der Waals surface area contributed by atoms with Crippen molar-refractivity contribution in [1.29, 1.82) is 0 Å². The molecule has 8 nitrogen and oxygen atoms in total. The third-order valence-electron chi connectivity index (χ3n) is 4.24. The second kappa shape index (κ2) is 7.96. The van der Waals surface area contributed by atoms with Crippen molar-refractivity contribution in [2.24, 2.45) is 0 Å². The number of carbonyl (C=O) groups is 1. The molecule has 2 aromatic heterocycles. The van der Waals surface area contributed by atoms with E-state index in [1.807, 2.05) is 6.07 Å². The van der Waals surface area contributed by atoms with Gasteiger partial charge in [-0.25, -0.2) is 0 Å². The van der Waals surface area contributed by atoms with Gasteiger partial charge in [-0.2, -0.15) is 9.50 Å². The van der Waals surface area contributed by atoms with Crippen LogP contribution in [0.4, 0.5) is 0 Å². The normalized spacial score (nSPS) is 11.6. The van der Waals surface area contributed by atoms with Gasteiger partial charge < -0.3 is 14.2 Å². The monoisotopic (exact) mass is 423 g/mol. The van der Waals surface area contributed by atoms with Crippen LogP contribution in [0.3, 0.4) is 0 Å². The number of thiazole rings is 1. The second-order valence-electron chi connectivity index (χ2n) is 6.28. The van der Waals surface area contributed by atoms with E-state index in [1.165, 1.54) is 22.8 Å². The van der Waals surface area contributed by atoms with Crippen LogP contribution in [0.2, 0.25) is 0 Å². The Bertz CT molecular complexity index is 1360. The van der Waals surface area contributed by atoms with Crippen LogP contribution in [0.25, 0.3) is 22.4 Å². The molecule has 0 saturated carbocycles. The van der Waals surface area contributed by atoms with Crippen molar-refractivity contribution in [3.05, 3.63) is 62.9 Å². The Morgan fingerprint density at radius 1 is 1.10 bits per heavy atom. The van der Waals surface area contributed by atoms with Gasteiger partial charge in [0.15, 0.2) is 17.3 Å². The first-order valence-electron chi connectivity index (χ1n) is 8.90. The summed E-state index contributed by atoms with van der Waals surface area (Å²) in [5.74, 6) is 1.58. The van der Waals surface area contributed by atoms with Crippen LogP contribution in [0.5, 0.6) is 17.2 Å². The number of nitrogens with zero attached hydrogens (tertiary/aromatic N) is 3. The van der Waals surface area contributed by atoms with Crippen molar-refractivity contribution in [2.45, 2.75) is 6.92 Å². The lowest BCUT2D eigenvalue weighted by atomic mass is 10.2. The summed E-state index contributed by atoms with van der Waals surface area (Å²) in [6.45, 7) is 1.34. The number of rotatable bonds is 5. The molecular weight excluding hydrogens is 406 g/mol. The van der Waals surface area contributed by atoms with Crippen LogP contribution in [0.1, 0.15) is 12.5 Å². The van der Waals surface area contributed by atoms with Gasteiger partial charge in [0.05, 0.1) is 18.8 Å². The van der Waals surface area contributed by atoms with Crippen molar-refractivity contribution in [1.82, 2.24) is 14.6 Å². The minimum atomic E-state index is -0.404. The molecule has 0 saturated heterocycles. The van der Waals surface area contributed by atoms with Gasteiger partial charge in [-0.05, 0) is 42.0 Å². The van der Waals surface area contributed by atoms with Crippen LogP contribution >= 0.6 is 11.3 Å². The predicted molar refractivity (Wildman–Crippen MR) is 112 cm³/mol. The molecule has 0 aliphatic carbocycles. The van der Waals surface area contributed by atoms with Crippen LogP contribution in [-0.2, 0) is 4.79 Å². The van der Waals surface area contributed by atoms with Gasteiger partial charge in [0, 0.05) is 12.5 Å². The molecule has 0 spiro atoms. The van der Waals surface area contributed by atoms with Crippen molar-refractivity contribution < 1.29 is 19.0 Å². The van der Waals surface area contributed by atoms with E-state index in [9.17, 15) is 9.59 Å². The largest absolute Gasteiger partial charge is 0.493 e. The first kappa shape index (κ1) is 19.6. The van der Waals surface area contributed by atoms with Gasteiger partial charge in [0.25, 0.3) is 5.56 Å². The summed E-state index contributed by atoms with van der Waals surface area (Å²) in [6, 6.07) is 12.3. The maximum Gasteiger partial charge on any atom is 0.308 e. The molecule has 0 unspecified atom stereocenters. The zero-order chi connectivity index (χ0) is 21.3. The number of hydrogen-bond donors (Lipinski definition) is 0. The van der Waals surface area contributed by atoms with Crippen molar-refractivity contribution in [2.75, 3.05) is 14.2 Å². The molecule has 2 heterocycles. The smallest absolute Gasteiger partial charge is 0.308 e. The number of fused-ring (bicyclic) bond motifs is 1. The summed E-state index contributed by atoms with van der Waals surface area (Å²) < 4.78 is 17.4. The summed E-state index contributed by atoms with van der Waals surface area (Å²) in [5.41, 5.74) is 1.17. The summed E-state index contributed by atoms with van der Waals surface area (Å²) in [4.78, 5) is 28.9. The maximum atomic E-state index is 12.8. The van der Waals surface area contributed by atoms with E-state index in [2.05, 4.69) is 10.1 Å². The molecule has 0 aliphatic rings. The Hall–Kier alpha value is -3.72. The number of methoxy groups -OCH3 is 2. The minimum absolute atomic E-state index is 0.271. The molecular formula is C21H17N3O5S. The SMILES string of the molecule is COc1ccc(-c2nc3s/c(=C\c4cccc(OC(C)=O)c4)c(=O)n3n2)cc1OC. The maximum absolute atomic E-state index is 12.8. The first-order chi connectivity index (χ1) is 14.5. The molecule has 0 atom stereocenters. The fraction of sp³-hybridized carbons (Fsp3) is 0.143. The van der Waals surface area contributed by atoms with Crippen LogP contribution < -0.4 is 24.3 Å². The third kappa shape index (κ3) is 3.74. The zero-order valence-corrected chi connectivity index (χ0v) is 17.2. The zero-order valence-electron chi connectivity index (χ0n) is 16.4. The molecule has 0 radical (unpaired) electrons. The molecule has 0 fully saturated rings. The van der Waals surface area contributed by atoms with Gasteiger partial charge >= 0.3 is 5.97 Å². The summed E-state index contributed by atoms with van der Waals surface area (Å²) >= 11 is 1.23. The third-order valence-corrected chi connectivity index (χ3v) is 5.20. The van der Waals surface area contributed by atoms with E-state index in [1.54, 1.807) is 56.7 Å². The molecule has 152 valence electrons. The topological polar surface area (TPSA) is 92.0 Å².